The first-order chi connectivity index (χ1) is 11.3. The minimum atomic E-state index is 0. The zero-order chi connectivity index (χ0) is 15.9. The quantitative estimate of drug-likeness (QED) is 0.905. The number of fused-ring (bicyclic) bond motifs is 2. The lowest BCUT2D eigenvalue weighted by molar-refractivity contribution is -0.136. The summed E-state index contributed by atoms with van der Waals surface area (Å²) in [4.78, 5) is 15.5. The maximum atomic E-state index is 13.3. The molecule has 2 unspecified atom stereocenters. The van der Waals surface area contributed by atoms with Crippen LogP contribution in [-0.4, -0.2) is 36.5 Å². The van der Waals surface area contributed by atoms with E-state index in [-0.39, 0.29) is 23.7 Å². The first-order valence-corrected chi connectivity index (χ1v) is 9.36. The second-order valence-corrected chi connectivity index (χ2v) is 7.58. The monoisotopic (exact) mass is 348 g/mol. The van der Waals surface area contributed by atoms with Crippen LogP contribution < -0.4 is 5.32 Å². The van der Waals surface area contributed by atoms with E-state index in [9.17, 15) is 4.79 Å². The standard InChI is InChI=1S/C20H28N2O.ClH/c1-2-13-22(16-8-11-21-12-9-16)19(23)18-14-20(18)10-7-15-5-3-4-6-17(15)20;/h3-6,16,18,21H,2,7-14H2,1H3;1H. The topological polar surface area (TPSA) is 32.3 Å². The van der Waals surface area contributed by atoms with Crippen LogP contribution in [-0.2, 0) is 16.6 Å². The lowest BCUT2D eigenvalue weighted by Gasteiger charge is -2.35. The van der Waals surface area contributed by atoms with Crippen LogP contribution >= 0.6 is 12.4 Å². The molecule has 0 radical (unpaired) electrons. The molecule has 132 valence electrons. The van der Waals surface area contributed by atoms with E-state index >= 15 is 0 Å². The Morgan fingerprint density at radius 2 is 2.04 bits per heavy atom. The van der Waals surface area contributed by atoms with E-state index < -0.39 is 0 Å². The molecule has 1 amide bonds. The Morgan fingerprint density at radius 3 is 2.79 bits per heavy atom. The Hall–Kier alpha value is -1.06. The number of carbonyl (C=O) groups is 1. The summed E-state index contributed by atoms with van der Waals surface area (Å²) in [6.07, 6.45) is 6.69. The van der Waals surface area contributed by atoms with Crippen molar-refractivity contribution >= 4 is 18.3 Å². The van der Waals surface area contributed by atoms with Gasteiger partial charge in [-0.2, -0.15) is 0 Å². The molecule has 0 aromatic heterocycles. The predicted molar refractivity (Wildman–Crippen MR) is 99.7 cm³/mol. The van der Waals surface area contributed by atoms with Crippen molar-refractivity contribution in [2.45, 2.75) is 56.9 Å². The normalized spacial score (nSPS) is 28.3. The highest BCUT2D eigenvalue weighted by molar-refractivity contribution is 5.85. The Morgan fingerprint density at radius 1 is 1.29 bits per heavy atom. The number of aryl methyl sites for hydroxylation is 1. The first kappa shape index (κ1) is 17.8. The average Bonchev–Trinajstić information content (AvgIpc) is 3.22. The molecule has 1 aromatic carbocycles. The van der Waals surface area contributed by atoms with Crippen LogP contribution in [0.3, 0.4) is 0 Å². The summed E-state index contributed by atoms with van der Waals surface area (Å²) in [5.74, 6) is 0.683. The molecular formula is C20H29ClN2O. The van der Waals surface area contributed by atoms with Crippen LogP contribution in [0.25, 0.3) is 0 Å². The van der Waals surface area contributed by atoms with Crippen LogP contribution in [0.5, 0.6) is 0 Å². The third-order valence-electron chi connectivity index (χ3n) is 6.26. The highest BCUT2D eigenvalue weighted by atomic mass is 35.5. The molecule has 3 aliphatic rings. The molecule has 1 saturated heterocycles. The minimum absolute atomic E-state index is 0. The third-order valence-corrected chi connectivity index (χ3v) is 6.26. The lowest BCUT2D eigenvalue weighted by Crippen LogP contribution is -2.47. The summed E-state index contributed by atoms with van der Waals surface area (Å²) in [7, 11) is 0. The first-order valence-electron chi connectivity index (χ1n) is 9.36. The van der Waals surface area contributed by atoms with Gasteiger partial charge in [0.25, 0.3) is 0 Å². The predicted octanol–water partition coefficient (Wildman–Crippen LogP) is 3.30. The second kappa shape index (κ2) is 7.05. The Labute approximate surface area is 151 Å². The fraction of sp³-hybridized carbons (Fsp3) is 0.650. The molecule has 24 heavy (non-hydrogen) atoms. The average molecular weight is 349 g/mol. The molecule has 1 saturated carbocycles. The maximum Gasteiger partial charge on any atom is 0.226 e. The molecule has 4 rings (SSSR count). The molecule has 2 aliphatic carbocycles. The van der Waals surface area contributed by atoms with Gasteiger partial charge in [-0.15, -0.1) is 12.4 Å². The molecule has 2 atom stereocenters. The number of nitrogens with one attached hydrogen (secondary N) is 1. The molecule has 4 heteroatoms. The molecule has 3 nitrogen and oxygen atoms in total. The molecular weight excluding hydrogens is 320 g/mol. The van der Waals surface area contributed by atoms with Crippen LogP contribution in [0.4, 0.5) is 0 Å². The molecule has 1 aliphatic heterocycles. The van der Waals surface area contributed by atoms with Crippen LogP contribution in [0.1, 0.15) is 50.2 Å². The fourth-order valence-corrected chi connectivity index (χ4v) is 4.95. The van der Waals surface area contributed by atoms with Gasteiger partial charge in [-0.3, -0.25) is 4.79 Å². The van der Waals surface area contributed by atoms with Gasteiger partial charge >= 0.3 is 0 Å². The number of hydrogen-bond donors (Lipinski definition) is 1. The summed E-state index contributed by atoms with van der Waals surface area (Å²) in [5, 5.41) is 3.42. The Balaban J connectivity index is 0.00000169. The molecule has 1 aromatic rings. The van der Waals surface area contributed by atoms with Crippen LogP contribution in [0.2, 0.25) is 0 Å². The molecule has 2 fully saturated rings. The Kier molecular flexibility index (Phi) is 5.22. The SMILES string of the molecule is CCCN(C(=O)C1CC12CCc1ccccc12)C1CCNCC1.Cl. The van der Waals surface area contributed by atoms with E-state index in [0.717, 1.165) is 51.7 Å². The largest absolute Gasteiger partial charge is 0.339 e. The van der Waals surface area contributed by atoms with Gasteiger partial charge in [-0.05, 0) is 62.7 Å². The van der Waals surface area contributed by atoms with Crippen molar-refractivity contribution in [3.63, 3.8) is 0 Å². The van der Waals surface area contributed by atoms with Crippen molar-refractivity contribution in [3.05, 3.63) is 35.4 Å². The van der Waals surface area contributed by atoms with Crippen LogP contribution in [0.15, 0.2) is 24.3 Å². The number of piperidine rings is 1. The summed E-state index contributed by atoms with van der Waals surface area (Å²) < 4.78 is 0. The smallest absolute Gasteiger partial charge is 0.226 e. The molecule has 1 N–H and O–H groups in total. The number of amides is 1. The van der Waals surface area contributed by atoms with E-state index in [1.54, 1.807) is 0 Å². The summed E-state index contributed by atoms with van der Waals surface area (Å²) in [5.41, 5.74) is 3.14. The van der Waals surface area contributed by atoms with E-state index in [1.807, 2.05) is 0 Å². The second-order valence-electron chi connectivity index (χ2n) is 7.58. The van der Waals surface area contributed by atoms with Gasteiger partial charge in [0.2, 0.25) is 5.91 Å². The number of nitrogens with zero attached hydrogens (tertiary/aromatic N) is 1. The third kappa shape index (κ3) is 2.86. The van der Waals surface area contributed by atoms with E-state index in [4.69, 9.17) is 0 Å². The van der Waals surface area contributed by atoms with Gasteiger partial charge in [0.05, 0.1) is 0 Å². The Bertz CT molecular complexity index is 599. The minimum Gasteiger partial charge on any atom is -0.339 e. The van der Waals surface area contributed by atoms with Crippen molar-refractivity contribution in [2.24, 2.45) is 5.92 Å². The van der Waals surface area contributed by atoms with Gasteiger partial charge in [-0.25, -0.2) is 0 Å². The van der Waals surface area contributed by atoms with Gasteiger partial charge < -0.3 is 10.2 Å². The lowest BCUT2D eigenvalue weighted by atomic mass is 9.94. The summed E-state index contributed by atoms with van der Waals surface area (Å²) >= 11 is 0. The van der Waals surface area contributed by atoms with Gasteiger partial charge in [-0.1, -0.05) is 31.2 Å². The highest BCUT2D eigenvalue weighted by Gasteiger charge is 2.62. The number of carbonyl (C=O) groups excluding carboxylic acids is 1. The van der Waals surface area contributed by atoms with E-state index in [0.29, 0.717) is 11.9 Å². The van der Waals surface area contributed by atoms with Crippen molar-refractivity contribution in [3.8, 4) is 0 Å². The number of benzene rings is 1. The zero-order valence-electron chi connectivity index (χ0n) is 14.6. The van der Waals surface area contributed by atoms with Crippen molar-refractivity contribution < 1.29 is 4.79 Å². The number of halogens is 1. The summed E-state index contributed by atoms with van der Waals surface area (Å²) in [6, 6.07) is 9.25. The van der Waals surface area contributed by atoms with Gasteiger partial charge in [0.1, 0.15) is 0 Å². The maximum absolute atomic E-state index is 13.3. The highest BCUT2D eigenvalue weighted by Crippen LogP contribution is 2.62. The van der Waals surface area contributed by atoms with Crippen molar-refractivity contribution in [1.82, 2.24) is 10.2 Å². The van der Waals surface area contributed by atoms with Gasteiger partial charge in [0.15, 0.2) is 0 Å². The zero-order valence-corrected chi connectivity index (χ0v) is 15.4. The number of rotatable bonds is 4. The van der Waals surface area contributed by atoms with Crippen LogP contribution in [0, 0.1) is 5.92 Å². The van der Waals surface area contributed by atoms with Gasteiger partial charge in [0, 0.05) is 23.9 Å². The molecule has 0 bridgehead atoms. The fourth-order valence-electron chi connectivity index (χ4n) is 4.95. The van der Waals surface area contributed by atoms with Crippen molar-refractivity contribution in [2.75, 3.05) is 19.6 Å². The van der Waals surface area contributed by atoms with Crippen molar-refractivity contribution in [1.29, 1.82) is 0 Å². The van der Waals surface area contributed by atoms with E-state index in [1.165, 1.54) is 17.5 Å². The molecule has 1 heterocycles. The number of hydrogen-bond acceptors (Lipinski definition) is 2. The molecule has 1 spiro atoms. The van der Waals surface area contributed by atoms with E-state index in [2.05, 4.69) is 41.4 Å². The summed E-state index contributed by atoms with van der Waals surface area (Å²) in [6.45, 7) is 5.22.